The van der Waals surface area contributed by atoms with E-state index >= 15 is 0 Å². The minimum absolute atomic E-state index is 0.00717. The fourth-order valence-electron chi connectivity index (χ4n) is 2.70. The fourth-order valence-corrected chi connectivity index (χ4v) is 2.70. The van der Waals surface area contributed by atoms with Gasteiger partial charge in [-0.3, -0.25) is 4.79 Å². The van der Waals surface area contributed by atoms with E-state index in [1.54, 1.807) is 4.90 Å². The third-order valence-corrected chi connectivity index (χ3v) is 3.63. The van der Waals surface area contributed by atoms with Gasteiger partial charge in [-0.2, -0.15) is 0 Å². The smallest absolute Gasteiger partial charge is 0.254 e. The third-order valence-electron chi connectivity index (χ3n) is 3.63. The summed E-state index contributed by atoms with van der Waals surface area (Å²) in [6.07, 6.45) is -0.473. The Bertz CT molecular complexity index is 427. The van der Waals surface area contributed by atoms with Gasteiger partial charge in [-0.1, -0.05) is 44.2 Å². The Morgan fingerprint density at radius 3 is 2.50 bits per heavy atom. The second-order valence-corrected chi connectivity index (χ2v) is 5.48. The standard InChI is InChI=1S/C16H23NO3/c1-12(2)15(13-7-5-4-6-8-13)17(3)16(18)14-11-19-9-10-20-14/h4-8,12,14-15H,9-11H2,1-3H3/t14-,15-/m0/s1. The van der Waals surface area contributed by atoms with Crippen LogP contribution in [0.15, 0.2) is 30.3 Å². The van der Waals surface area contributed by atoms with E-state index in [2.05, 4.69) is 26.0 Å². The molecule has 1 amide bonds. The molecule has 1 aromatic rings. The van der Waals surface area contributed by atoms with E-state index in [4.69, 9.17) is 9.47 Å². The van der Waals surface area contributed by atoms with Crippen LogP contribution in [0.1, 0.15) is 25.5 Å². The number of nitrogens with zero attached hydrogens (tertiary/aromatic N) is 1. The van der Waals surface area contributed by atoms with Gasteiger partial charge in [-0.05, 0) is 11.5 Å². The molecule has 20 heavy (non-hydrogen) atoms. The maximum atomic E-state index is 12.5. The lowest BCUT2D eigenvalue weighted by atomic mass is 9.94. The molecule has 0 radical (unpaired) electrons. The van der Waals surface area contributed by atoms with Crippen molar-refractivity contribution < 1.29 is 14.3 Å². The van der Waals surface area contributed by atoms with Crippen molar-refractivity contribution >= 4 is 5.91 Å². The van der Waals surface area contributed by atoms with Gasteiger partial charge >= 0.3 is 0 Å². The first-order chi connectivity index (χ1) is 9.61. The Balaban J connectivity index is 2.14. The van der Waals surface area contributed by atoms with Gasteiger partial charge in [-0.25, -0.2) is 0 Å². The first-order valence-electron chi connectivity index (χ1n) is 7.12. The first kappa shape index (κ1) is 15.0. The van der Waals surface area contributed by atoms with Crippen molar-refractivity contribution in [3.63, 3.8) is 0 Å². The summed E-state index contributed by atoms with van der Waals surface area (Å²) < 4.78 is 10.8. The first-order valence-corrected chi connectivity index (χ1v) is 7.12. The highest BCUT2D eigenvalue weighted by molar-refractivity contribution is 5.81. The van der Waals surface area contributed by atoms with Gasteiger partial charge in [-0.15, -0.1) is 0 Å². The number of hydrogen-bond acceptors (Lipinski definition) is 3. The van der Waals surface area contributed by atoms with Crippen LogP contribution < -0.4 is 0 Å². The Labute approximate surface area is 120 Å². The van der Waals surface area contributed by atoms with Crippen LogP contribution in [0.4, 0.5) is 0 Å². The molecule has 1 saturated heterocycles. The Morgan fingerprint density at radius 1 is 1.25 bits per heavy atom. The molecule has 4 nitrogen and oxygen atoms in total. The number of rotatable bonds is 4. The van der Waals surface area contributed by atoms with Crippen LogP contribution in [0.3, 0.4) is 0 Å². The second kappa shape index (κ2) is 6.86. The van der Waals surface area contributed by atoms with E-state index in [1.165, 1.54) is 0 Å². The molecule has 1 aromatic carbocycles. The highest BCUT2D eigenvalue weighted by atomic mass is 16.6. The van der Waals surface area contributed by atoms with E-state index < -0.39 is 6.10 Å². The van der Waals surface area contributed by atoms with Gasteiger partial charge < -0.3 is 14.4 Å². The number of carbonyl (C=O) groups is 1. The molecule has 2 atom stereocenters. The third kappa shape index (κ3) is 3.38. The van der Waals surface area contributed by atoms with E-state index in [9.17, 15) is 4.79 Å². The summed E-state index contributed by atoms with van der Waals surface area (Å²) in [4.78, 5) is 14.3. The van der Waals surface area contributed by atoms with Gasteiger partial charge in [0.1, 0.15) is 0 Å². The van der Waals surface area contributed by atoms with Crippen LogP contribution in [0.2, 0.25) is 0 Å². The number of likely N-dealkylation sites (N-methyl/N-ethyl adjacent to an activating group) is 1. The monoisotopic (exact) mass is 277 g/mol. The van der Waals surface area contributed by atoms with Gasteiger partial charge in [0, 0.05) is 7.05 Å². The van der Waals surface area contributed by atoms with E-state index in [-0.39, 0.29) is 11.9 Å². The van der Waals surface area contributed by atoms with Crippen LogP contribution in [0, 0.1) is 5.92 Å². The summed E-state index contributed by atoms with van der Waals surface area (Å²) in [5.74, 6) is 0.322. The fraction of sp³-hybridized carbons (Fsp3) is 0.562. The maximum Gasteiger partial charge on any atom is 0.254 e. The summed E-state index contributed by atoms with van der Waals surface area (Å²) in [5, 5.41) is 0. The minimum Gasteiger partial charge on any atom is -0.376 e. The number of carbonyl (C=O) groups excluding carboxylic acids is 1. The number of amides is 1. The molecule has 0 N–H and O–H groups in total. The number of ether oxygens (including phenoxy) is 2. The van der Waals surface area contributed by atoms with E-state index in [0.717, 1.165) is 5.56 Å². The SMILES string of the molecule is CC(C)[C@@H](c1ccccc1)N(C)C(=O)[C@@H]1COCCO1. The molecule has 0 spiro atoms. The molecule has 1 fully saturated rings. The molecule has 2 rings (SSSR count). The highest BCUT2D eigenvalue weighted by Crippen LogP contribution is 2.28. The molecule has 0 aromatic heterocycles. The van der Waals surface area contributed by atoms with Crippen molar-refractivity contribution in [2.75, 3.05) is 26.9 Å². The van der Waals surface area contributed by atoms with Crippen LogP contribution in [0.5, 0.6) is 0 Å². The molecule has 1 aliphatic rings. The van der Waals surface area contributed by atoms with Crippen molar-refractivity contribution in [3.05, 3.63) is 35.9 Å². The van der Waals surface area contributed by atoms with Crippen LogP contribution in [-0.4, -0.2) is 43.8 Å². The summed E-state index contributed by atoms with van der Waals surface area (Å²) in [6, 6.07) is 10.2. The minimum atomic E-state index is -0.473. The van der Waals surface area contributed by atoms with E-state index in [1.807, 2.05) is 25.2 Å². The molecule has 1 heterocycles. The zero-order valence-electron chi connectivity index (χ0n) is 12.4. The van der Waals surface area contributed by atoms with Crippen LogP contribution in [0.25, 0.3) is 0 Å². The second-order valence-electron chi connectivity index (χ2n) is 5.48. The largest absolute Gasteiger partial charge is 0.376 e. The Morgan fingerprint density at radius 2 is 1.95 bits per heavy atom. The van der Waals surface area contributed by atoms with E-state index in [0.29, 0.717) is 25.7 Å². The van der Waals surface area contributed by atoms with Crippen LogP contribution in [-0.2, 0) is 14.3 Å². The Hall–Kier alpha value is -1.39. The maximum absolute atomic E-state index is 12.5. The van der Waals surface area contributed by atoms with Gasteiger partial charge in [0.25, 0.3) is 5.91 Å². The zero-order chi connectivity index (χ0) is 14.5. The van der Waals surface area contributed by atoms with Gasteiger partial charge in [0.15, 0.2) is 6.10 Å². The molecule has 0 bridgehead atoms. The molecule has 4 heteroatoms. The predicted octanol–water partition coefficient (Wildman–Crippen LogP) is 2.26. The summed E-state index contributed by atoms with van der Waals surface area (Å²) in [7, 11) is 1.85. The Kier molecular flexibility index (Phi) is 5.15. The average molecular weight is 277 g/mol. The lowest BCUT2D eigenvalue weighted by Crippen LogP contribution is -2.46. The number of hydrogen-bond donors (Lipinski definition) is 0. The molecule has 0 aliphatic carbocycles. The quantitative estimate of drug-likeness (QED) is 0.847. The van der Waals surface area contributed by atoms with Crippen molar-refractivity contribution in [2.45, 2.75) is 26.0 Å². The van der Waals surface area contributed by atoms with Crippen molar-refractivity contribution in [1.29, 1.82) is 0 Å². The molecular weight excluding hydrogens is 254 g/mol. The predicted molar refractivity (Wildman–Crippen MR) is 77.4 cm³/mol. The topological polar surface area (TPSA) is 38.8 Å². The number of benzene rings is 1. The molecular formula is C16H23NO3. The normalized spacial score (nSPS) is 20.7. The summed E-state index contributed by atoms with van der Waals surface area (Å²) in [6.45, 7) is 5.66. The van der Waals surface area contributed by atoms with Crippen molar-refractivity contribution in [3.8, 4) is 0 Å². The molecule has 110 valence electrons. The van der Waals surface area contributed by atoms with Gasteiger partial charge in [0.2, 0.25) is 0 Å². The van der Waals surface area contributed by atoms with Gasteiger partial charge in [0.05, 0.1) is 25.9 Å². The van der Waals surface area contributed by atoms with Crippen LogP contribution >= 0.6 is 0 Å². The lowest BCUT2D eigenvalue weighted by molar-refractivity contribution is -0.159. The van der Waals surface area contributed by atoms with Crippen molar-refractivity contribution in [2.24, 2.45) is 5.92 Å². The average Bonchev–Trinajstić information content (AvgIpc) is 2.48. The highest BCUT2D eigenvalue weighted by Gasteiger charge is 2.31. The van der Waals surface area contributed by atoms with Crippen molar-refractivity contribution in [1.82, 2.24) is 4.90 Å². The lowest BCUT2D eigenvalue weighted by Gasteiger charge is -2.35. The molecule has 1 aliphatic heterocycles. The summed E-state index contributed by atoms with van der Waals surface area (Å²) in [5.41, 5.74) is 1.15. The molecule has 0 saturated carbocycles. The zero-order valence-corrected chi connectivity index (χ0v) is 12.4. The molecule has 0 unspecified atom stereocenters. The summed E-state index contributed by atoms with van der Waals surface area (Å²) >= 11 is 0.